The quantitative estimate of drug-likeness (QED) is 0.792. The van der Waals surface area contributed by atoms with Crippen LogP contribution in [0.15, 0.2) is 6.07 Å². The molecule has 2 saturated heterocycles. The van der Waals surface area contributed by atoms with Crippen molar-refractivity contribution in [3.05, 3.63) is 17.5 Å². The molecule has 2 aliphatic rings. The summed E-state index contributed by atoms with van der Waals surface area (Å²) >= 11 is 0. The van der Waals surface area contributed by atoms with E-state index >= 15 is 0 Å². The summed E-state index contributed by atoms with van der Waals surface area (Å²) in [6, 6.07) is 2.68. The van der Waals surface area contributed by atoms with Crippen LogP contribution in [0.3, 0.4) is 0 Å². The molecule has 0 amide bonds. The van der Waals surface area contributed by atoms with Crippen LogP contribution in [0.5, 0.6) is 0 Å². The van der Waals surface area contributed by atoms with Crippen LogP contribution in [0.1, 0.15) is 24.2 Å². The molecule has 0 radical (unpaired) electrons. The number of nitrogens with zero attached hydrogens (tertiary/aromatic N) is 3. The van der Waals surface area contributed by atoms with Crippen molar-refractivity contribution in [2.75, 3.05) is 24.5 Å². The Hall–Kier alpha value is -1.16. The molecule has 1 aromatic heterocycles. The Labute approximate surface area is 102 Å². The Morgan fingerprint density at radius 3 is 2.71 bits per heavy atom. The third-order valence-corrected chi connectivity index (χ3v) is 3.85. The second-order valence-corrected chi connectivity index (χ2v) is 5.32. The summed E-state index contributed by atoms with van der Waals surface area (Å²) in [5, 5.41) is 3.61. The normalized spacial score (nSPS) is 28.2. The Balaban J connectivity index is 1.81. The minimum atomic E-state index is 0.646. The summed E-state index contributed by atoms with van der Waals surface area (Å²) in [7, 11) is 0. The summed E-state index contributed by atoms with van der Waals surface area (Å²) in [5.41, 5.74) is 2.13. The highest BCUT2D eigenvalue weighted by Gasteiger charge is 2.35. The average molecular weight is 232 g/mol. The van der Waals surface area contributed by atoms with Crippen LogP contribution in [0.25, 0.3) is 0 Å². The highest BCUT2D eigenvalue weighted by molar-refractivity contribution is 5.35. The number of anilines is 1. The predicted octanol–water partition coefficient (Wildman–Crippen LogP) is 1.28. The zero-order chi connectivity index (χ0) is 11.8. The second-order valence-electron chi connectivity index (χ2n) is 5.32. The van der Waals surface area contributed by atoms with E-state index in [4.69, 9.17) is 0 Å². The van der Waals surface area contributed by atoms with Crippen LogP contribution in [-0.2, 0) is 0 Å². The zero-order valence-electron chi connectivity index (χ0n) is 10.6. The fourth-order valence-corrected chi connectivity index (χ4v) is 3.06. The van der Waals surface area contributed by atoms with Gasteiger partial charge in [-0.1, -0.05) is 0 Å². The van der Waals surface area contributed by atoms with E-state index in [2.05, 4.69) is 20.2 Å². The zero-order valence-corrected chi connectivity index (χ0v) is 10.6. The molecule has 0 aromatic carbocycles. The van der Waals surface area contributed by atoms with E-state index in [0.29, 0.717) is 6.04 Å². The number of piperidine rings is 1. The van der Waals surface area contributed by atoms with E-state index in [0.717, 1.165) is 36.3 Å². The van der Waals surface area contributed by atoms with Gasteiger partial charge in [0, 0.05) is 30.5 Å². The minimum absolute atomic E-state index is 0.646. The van der Waals surface area contributed by atoms with Crippen LogP contribution in [0.4, 0.5) is 5.95 Å². The molecule has 17 heavy (non-hydrogen) atoms. The highest BCUT2D eigenvalue weighted by atomic mass is 15.3. The maximum absolute atomic E-state index is 4.56. The lowest BCUT2D eigenvalue weighted by atomic mass is 9.94. The van der Waals surface area contributed by atoms with E-state index in [-0.39, 0.29) is 0 Å². The van der Waals surface area contributed by atoms with Gasteiger partial charge in [0.1, 0.15) is 0 Å². The van der Waals surface area contributed by atoms with Gasteiger partial charge in [0.25, 0.3) is 0 Å². The molecule has 0 saturated carbocycles. The molecule has 0 spiro atoms. The first-order chi connectivity index (χ1) is 8.22. The molecule has 92 valence electrons. The Morgan fingerprint density at radius 1 is 1.24 bits per heavy atom. The minimum Gasteiger partial charge on any atom is -0.339 e. The third-order valence-electron chi connectivity index (χ3n) is 3.85. The maximum atomic E-state index is 4.56. The highest BCUT2D eigenvalue weighted by Crippen LogP contribution is 2.27. The lowest BCUT2D eigenvalue weighted by molar-refractivity contribution is 0.340. The predicted molar refractivity (Wildman–Crippen MR) is 68.2 cm³/mol. The standard InChI is InChI=1S/C13H20N4/c1-9-6-10(2)16-13(15-9)17-7-11-4-3-5-14-12(11)8-17/h6,11-12,14H,3-5,7-8H2,1-2H3. The number of aryl methyl sites for hydroxylation is 2. The van der Waals surface area contributed by atoms with Crippen LogP contribution in [0.2, 0.25) is 0 Å². The Bertz CT molecular complexity index is 384. The molecule has 3 rings (SSSR count). The van der Waals surface area contributed by atoms with Crippen molar-refractivity contribution < 1.29 is 0 Å². The van der Waals surface area contributed by atoms with Crippen LogP contribution in [-0.4, -0.2) is 35.6 Å². The molecule has 2 aliphatic heterocycles. The third kappa shape index (κ3) is 2.14. The van der Waals surface area contributed by atoms with Crippen molar-refractivity contribution in [1.29, 1.82) is 0 Å². The van der Waals surface area contributed by atoms with Crippen LogP contribution in [0, 0.1) is 19.8 Å². The molecular weight excluding hydrogens is 212 g/mol. The lowest BCUT2D eigenvalue weighted by Gasteiger charge is -2.24. The number of hydrogen-bond acceptors (Lipinski definition) is 4. The first-order valence-corrected chi connectivity index (χ1v) is 6.53. The first-order valence-electron chi connectivity index (χ1n) is 6.53. The van der Waals surface area contributed by atoms with Crippen molar-refractivity contribution in [2.24, 2.45) is 5.92 Å². The Morgan fingerprint density at radius 2 is 2.00 bits per heavy atom. The summed E-state index contributed by atoms with van der Waals surface area (Å²) in [6.45, 7) is 7.43. The van der Waals surface area contributed by atoms with Gasteiger partial charge in [-0.15, -0.1) is 0 Å². The molecule has 0 bridgehead atoms. The molecule has 2 fully saturated rings. The maximum Gasteiger partial charge on any atom is 0.225 e. The Kier molecular flexibility index (Phi) is 2.74. The van der Waals surface area contributed by atoms with E-state index in [9.17, 15) is 0 Å². The molecule has 2 atom stereocenters. The fourth-order valence-electron chi connectivity index (χ4n) is 3.06. The number of fused-ring (bicyclic) bond motifs is 1. The van der Waals surface area contributed by atoms with Gasteiger partial charge in [-0.3, -0.25) is 0 Å². The van der Waals surface area contributed by atoms with Crippen LogP contribution >= 0.6 is 0 Å². The number of rotatable bonds is 1. The first kappa shape index (κ1) is 11.0. The van der Waals surface area contributed by atoms with Crippen molar-refractivity contribution in [3.63, 3.8) is 0 Å². The van der Waals surface area contributed by atoms with Crippen LogP contribution < -0.4 is 10.2 Å². The molecular formula is C13H20N4. The van der Waals surface area contributed by atoms with Gasteiger partial charge in [-0.05, 0) is 45.2 Å². The largest absolute Gasteiger partial charge is 0.339 e. The van der Waals surface area contributed by atoms with Crippen molar-refractivity contribution in [2.45, 2.75) is 32.7 Å². The summed E-state index contributed by atoms with van der Waals surface area (Å²) in [4.78, 5) is 11.5. The van der Waals surface area contributed by atoms with Gasteiger partial charge in [0.15, 0.2) is 0 Å². The van der Waals surface area contributed by atoms with Crippen molar-refractivity contribution in [3.8, 4) is 0 Å². The number of nitrogens with one attached hydrogen (secondary N) is 1. The SMILES string of the molecule is Cc1cc(C)nc(N2CC3CCCNC3C2)n1. The smallest absolute Gasteiger partial charge is 0.225 e. The van der Waals surface area contributed by atoms with Gasteiger partial charge in [0.2, 0.25) is 5.95 Å². The summed E-state index contributed by atoms with van der Waals surface area (Å²) < 4.78 is 0. The van der Waals surface area contributed by atoms with Crippen molar-refractivity contribution >= 4 is 5.95 Å². The average Bonchev–Trinajstić information content (AvgIpc) is 2.71. The summed E-state index contributed by atoms with van der Waals surface area (Å²) in [6.07, 6.45) is 2.65. The van der Waals surface area contributed by atoms with Gasteiger partial charge in [-0.25, -0.2) is 9.97 Å². The monoisotopic (exact) mass is 232 g/mol. The second kappa shape index (κ2) is 4.26. The topological polar surface area (TPSA) is 41.1 Å². The molecule has 1 N–H and O–H groups in total. The molecule has 0 aliphatic carbocycles. The number of aromatic nitrogens is 2. The van der Waals surface area contributed by atoms with Crippen molar-refractivity contribution in [1.82, 2.24) is 15.3 Å². The molecule has 1 aromatic rings. The summed E-state index contributed by atoms with van der Waals surface area (Å²) in [5.74, 6) is 1.70. The van der Waals surface area contributed by atoms with E-state index in [1.165, 1.54) is 19.4 Å². The van der Waals surface area contributed by atoms with E-state index in [1.807, 2.05) is 19.9 Å². The number of hydrogen-bond donors (Lipinski definition) is 1. The van der Waals surface area contributed by atoms with Gasteiger partial charge in [0.05, 0.1) is 0 Å². The fraction of sp³-hybridized carbons (Fsp3) is 0.692. The van der Waals surface area contributed by atoms with Gasteiger partial charge < -0.3 is 10.2 Å². The van der Waals surface area contributed by atoms with E-state index in [1.54, 1.807) is 0 Å². The van der Waals surface area contributed by atoms with Gasteiger partial charge in [-0.2, -0.15) is 0 Å². The molecule has 2 unspecified atom stereocenters. The van der Waals surface area contributed by atoms with Gasteiger partial charge >= 0.3 is 0 Å². The molecule has 3 heterocycles. The van der Waals surface area contributed by atoms with E-state index < -0.39 is 0 Å². The molecule has 4 nitrogen and oxygen atoms in total. The lowest BCUT2D eigenvalue weighted by Crippen LogP contribution is -2.40. The molecule has 4 heteroatoms.